The maximum Gasteiger partial charge on any atom is 0.0800 e. The van der Waals surface area contributed by atoms with Crippen molar-refractivity contribution in [3.05, 3.63) is 0 Å². The zero-order valence-corrected chi connectivity index (χ0v) is 9.49. The van der Waals surface area contributed by atoms with E-state index < -0.39 is 17.8 Å². The van der Waals surface area contributed by atoms with Gasteiger partial charge in [0.2, 0.25) is 0 Å². The Morgan fingerprint density at radius 1 is 1.21 bits per heavy atom. The van der Waals surface area contributed by atoms with E-state index in [2.05, 4.69) is 0 Å². The summed E-state index contributed by atoms with van der Waals surface area (Å²) in [6.45, 7) is 6.03. The molecule has 0 aromatic heterocycles. The monoisotopic (exact) mass is 206 g/mol. The molecule has 0 aliphatic heterocycles. The predicted molar refractivity (Wildman–Crippen MR) is 54.2 cm³/mol. The topological polar surface area (TPSA) is 58.9 Å². The summed E-state index contributed by atoms with van der Waals surface area (Å²) >= 11 is 0. The smallest absolute Gasteiger partial charge is 0.0800 e. The zero-order valence-electron chi connectivity index (χ0n) is 9.49. The van der Waals surface area contributed by atoms with Gasteiger partial charge in [-0.1, -0.05) is 0 Å². The van der Waals surface area contributed by atoms with Crippen LogP contribution >= 0.6 is 0 Å². The largest absolute Gasteiger partial charge is 0.391 e. The van der Waals surface area contributed by atoms with Gasteiger partial charge < -0.3 is 19.7 Å². The van der Waals surface area contributed by atoms with E-state index in [1.807, 2.05) is 13.8 Å². The molecule has 86 valence electrons. The third-order valence-electron chi connectivity index (χ3n) is 1.80. The fraction of sp³-hybridized carbons (Fsp3) is 1.00. The van der Waals surface area contributed by atoms with Crippen molar-refractivity contribution in [2.45, 2.75) is 45.0 Å². The minimum Gasteiger partial charge on any atom is -0.391 e. The van der Waals surface area contributed by atoms with Crippen molar-refractivity contribution in [2.24, 2.45) is 0 Å². The molecule has 0 aliphatic rings. The molecular weight excluding hydrogens is 184 g/mol. The van der Waals surface area contributed by atoms with E-state index in [9.17, 15) is 5.11 Å². The predicted octanol–water partition coefficient (Wildman–Crippen LogP) is 0.560. The van der Waals surface area contributed by atoms with E-state index in [0.717, 1.165) is 0 Å². The average Bonchev–Trinajstić information content (AvgIpc) is 2.00. The van der Waals surface area contributed by atoms with Crippen LogP contribution in [0.3, 0.4) is 0 Å². The van der Waals surface area contributed by atoms with Crippen molar-refractivity contribution in [1.29, 1.82) is 0 Å². The van der Waals surface area contributed by atoms with E-state index in [0.29, 0.717) is 13.0 Å². The molecular formula is C10H22O4. The first-order valence-corrected chi connectivity index (χ1v) is 4.86. The fourth-order valence-electron chi connectivity index (χ4n) is 1.22. The summed E-state index contributed by atoms with van der Waals surface area (Å²) in [5, 5.41) is 18.5. The Morgan fingerprint density at radius 2 is 1.79 bits per heavy atom. The molecule has 0 fully saturated rings. The summed E-state index contributed by atoms with van der Waals surface area (Å²) in [5.74, 6) is 0. The first-order valence-electron chi connectivity index (χ1n) is 4.86. The molecule has 0 saturated carbocycles. The van der Waals surface area contributed by atoms with E-state index in [-0.39, 0.29) is 6.61 Å². The molecule has 0 heterocycles. The lowest BCUT2D eigenvalue weighted by molar-refractivity contribution is -0.0842. The van der Waals surface area contributed by atoms with Crippen molar-refractivity contribution in [1.82, 2.24) is 0 Å². The Bertz CT molecular complexity index is 145. The third-order valence-corrected chi connectivity index (χ3v) is 1.80. The lowest BCUT2D eigenvalue weighted by Gasteiger charge is -2.28. The van der Waals surface area contributed by atoms with Gasteiger partial charge in [-0.2, -0.15) is 0 Å². The molecule has 2 N–H and O–H groups in total. The van der Waals surface area contributed by atoms with Crippen LogP contribution in [0.25, 0.3) is 0 Å². The van der Waals surface area contributed by atoms with Crippen LogP contribution in [0.5, 0.6) is 0 Å². The maximum absolute atomic E-state index is 9.48. The van der Waals surface area contributed by atoms with Crippen LogP contribution in [0.2, 0.25) is 0 Å². The van der Waals surface area contributed by atoms with Crippen LogP contribution in [-0.2, 0) is 9.47 Å². The highest BCUT2D eigenvalue weighted by Gasteiger charge is 2.23. The molecule has 4 heteroatoms. The molecule has 0 rings (SSSR count). The van der Waals surface area contributed by atoms with Crippen LogP contribution in [0.4, 0.5) is 0 Å². The Hall–Kier alpha value is -0.160. The Balaban J connectivity index is 3.81. The number of hydrogen-bond acceptors (Lipinski definition) is 4. The summed E-state index contributed by atoms with van der Waals surface area (Å²) < 4.78 is 10.3. The SMILES string of the molecule is COCC(O)CC(C)(C)OCC(C)O. The summed E-state index contributed by atoms with van der Waals surface area (Å²) in [5.41, 5.74) is -0.436. The number of aliphatic hydroxyl groups is 2. The lowest BCUT2D eigenvalue weighted by Crippen LogP contribution is -2.34. The molecule has 0 radical (unpaired) electrons. The fourth-order valence-corrected chi connectivity index (χ4v) is 1.22. The Kier molecular flexibility index (Phi) is 6.27. The summed E-state index contributed by atoms with van der Waals surface area (Å²) in [4.78, 5) is 0. The molecule has 0 bridgehead atoms. The van der Waals surface area contributed by atoms with Gasteiger partial charge in [-0.25, -0.2) is 0 Å². The second-order valence-electron chi connectivity index (χ2n) is 4.23. The van der Waals surface area contributed by atoms with Gasteiger partial charge in [0.25, 0.3) is 0 Å². The van der Waals surface area contributed by atoms with Crippen molar-refractivity contribution in [3.8, 4) is 0 Å². The van der Waals surface area contributed by atoms with Crippen molar-refractivity contribution in [2.75, 3.05) is 20.3 Å². The van der Waals surface area contributed by atoms with E-state index in [1.54, 1.807) is 14.0 Å². The van der Waals surface area contributed by atoms with E-state index in [4.69, 9.17) is 14.6 Å². The number of aliphatic hydroxyl groups excluding tert-OH is 2. The molecule has 2 unspecified atom stereocenters. The minimum atomic E-state index is -0.524. The zero-order chi connectivity index (χ0) is 11.2. The molecule has 0 saturated heterocycles. The summed E-state index contributed by atoms with van der Waals surface area (Å²) in [7, 11) is 1.55. The molecule has 4 nitrogen and oxygen atoms in total. The molecule has 0 amide bonds. The highest BCUT2D eigenvalue weighted by atomic mass is 16.5. The van der Waals surface area contributed by atoms with Crippen LogP contribution in [0.15, 0.2) is 0 Å². The molecule has 14 heavy (non-hydrogen) atoms. The average molecular weight is 206 g/mol. The third kappa shape index (κ3) is 7.26. The number of hydrogen-bond donors (Lipinski definition) is 2. The molecule has 2 atom stereocenters. The van der Waals surface area contributed by atoms with Gasteiger partial charge in [0.1, 0.15) is 0 Å². The van der Waals surface area contributed by atoms with Gasteiger partial charge in [0.05, 0.1) is 31.0 Å². The number of methoxy groups -OCH3 is 1. The van der Waals surface area contributed by atoms with Crippen molar-refractivity contribution in [3.63, 3.8) is 0 Å². The number of rotatable bonds is 7. The molecule has 0 aromatic rings. The highest BCUT2D eigenvalue weighted by Crippen LogP contribution is 2.17. The second kappa shape index (κ2) is 6.35. The van der Waals surface area contributed by atoms with Gasteiger partial charge >= 0.3 is 0 Å². The Labute approximate surface area is 85.8 Å². The molecule has 0 spiro atoms. The maximum atomic E-state index is 9.48. The van der Waals surface area contributed by atoms with Crippen molar-refractivity contribution >= 4 is 0 Å². The van der Waals surface area contributed by atoms with Gasteiger partial charge in [-0.05, 0) is 20.8 Å². The van der Waals surface area contributed by atoms with Crippen molar-refractivity contribution < 1.29 is 19.7 Å². The van der Waals surface area contributed by atoms with Gasteiger partial charge in [0, 0.05) is 13.5 Å². The molecule has 0 aliphatic carbocycles. The second-order valence-corrected chi connectivity index (χ2v) is 4.23. The summed E-state index contributed by atoms with van der Waals surface area (Å²) in [6, 6.07) is 0. The molecule has 0 aromatic carbocycles. The quantitative estimate of drug-likeness (QED) is 0.639. The Morgan fingerprint density at radius 3 is 2.21 bits per heavy atom. The van der Waals surface area contributed by atoms with E-state index in [1.165, 1.54) is 0 Å². The standard InChI is InChI=1S/C10H22O4/c1-8(11)6-14-10(2,3)5-9(12)7-13-4/h8-9,11-12H,5-7H2,1-4H3. The van der Waals surface area contributed by atoms with Crippen LogP contribution in [0, 0.1) is 0 Å². The lowest BCUT2D eigenvalue weighted by atomic mass is 10.0. The van der Waals surface area contributed by atoms with Crippen LogP contribution < -0.4 is 0 Å². The van der Waals surface area contributed by atoms with E-state index >= 15 is 0 Å². The van der Waals surface area contributed by atoms with Crippen LogP contribution in [-0.4, -0.2) is 48.3 Å². The van der Waals surface area contributed by atoms with Gasteiger partial charge in [0.15, 0.2) is 0 Å². The highest BCUT2D eigenvalue weighted by molar-refractivity contribution is 4.73. The minimum absolute atomic E-state index is 0.284. The first-order chi connectivity index (χ1) is 6.37. The number of ether oxygens (including phenoxy) is 2. The first kappa shape index (κ1) is 13.8. The van der Waals surface area contributed by atoms with Gasteiger partial charge in [-0.3, -0.25) is 0 Å². The van der Waals surface area contributed by atoms with Crippen LogP contribution in [0.1, 0.15) is 27.2 Å². The summed E-state index contributed by atoms with van der Waals surface area (Å²) in [6.07, 6.45) is -0.508. The van der Waals surface area contributed by atoms with Gasteiger partial charge in [-0.15, -0.1) is 0 Å². The normalized spacial score (nSPS) is 16.7.